The first-order chi connectivity index (χ1) is 8.85. The number of rotatable bonds is 5. The molecule has 1 aromatic rings. The van der Waals surface area contributed by atoms with Crippen molar-refractivity contribution in [3.05, 3.63) is 30.1 Å². The van der Waals surface area contributed by atoms with E-state index in [1.165, 1.54) is 12.4 Å². The highest BCUT2D eigenvalue weighted by Crippen LogP contribution is 2.55. The van der Waals surface area contributed by atoms with E-state index in [1.54, 1.807) is 12.1 Å². The molecule has 4 nitrogen and oxygen atoms in total. The molecule has 1 unspecified atom stereocenters. The summed E-state index contributed by atoms with van der Waals surface area (Å²) in [5.74, 6) is -5.45. The van der Waals surface area contributed by atoms with Gasteiger partial charge in [0, 0.05) is 18.8 Å². The van der Waals surface area contributed by atoms with E-state index >= 15 is 0 Å². The molecule has 1 fully saturated rings. The first kappa shape index (κ1) is 13.5. The first-order valence-electron chi connectivity index (χ1n) is 5.61. The highest BCUT2D eigenvalue weighted by Gasteiger charge is 2.78. The fourth-order valence-corrected chi connectivity index (χ4v) is 1.62. The maximum atomic E-state index is 13.3. The van der Waals surface area contributed by atoms with Gasteiger partial charge in [-0.15, -0.1) is 0 Å². The number of hydrogen-bond acceptors (Lipinski definition) is 3. The van der Waals surface area contributed by atoms with Crippen molar-refractivity contribution in [1.82, 2.24) is 10.3 Å². The van der Waals surface area contributed by atoms with E-state index in [-0.39, 0.29) is 6.42 Å². The van der Waals surface area contributed by atoms with Crippen LogP contribution in [0.3, 0.4) is 0 Å². The minimum absolute atomic E-state index is 0.0263. The Morgan fingerprint density at radius 1 is 1.26 bits per heavy atom. The van der Waals surface area contributed by atoms with E-state index in [0.29, 0.717) is 5.56 Å². The minimum Gasteiger partial charge on any atom is -0.346 e. The van der Waals surface area contributed by atoms with Gasteiger partial charge in [-0.25, -0.2) is 13.2 Å². The molecule has 1 N–H and O–H groups in total. The van der Waals surface area contributed by atoms with Crippen LogP contribution in [0, 0.1) is 0 Å². The zero-order valence-electron chi connectivity index (χ0n) is 9.83. The van der Waals surface area contributed by atoms with Gasteiger partial charge in [-0.2, -0.15) is 0 Å². The largest absolute Gasteiger partial charge is 0.346 e. The van der Waals surface area contributed by atoms with Crippen molar-refractivity contribution in [3.8, 4) is 0 Å². The Kier molecular flexibility index (Phi) is 3.30. The van der Waals surface area contributed by atoms with Crippen LogP contribution in [-0.2, 0) is 16.0 Å². The fraction of sp³-hybridized carbons (Fsp3) is 0.417. The molecule has 0 radical (unpaired) electrons. The highest BCUT2D eigenvalue weighted by atomic mass is 19.3. The van der Waals surface area contributed by atoms with Crippen LogP contribution in [0.2, 0.25) is 0 Å². The van der Waals surface area contributed by atoms with E-state index < -0.39 is 36.2 Å². The Balaban J connectivity index is 1.80. The van der Waals surface area contributed by atoms with Crippen molar-refractivity contribution in [2.75, 3.05) is 6.54 Å². The molecule has 2 rings (SSSR count). The summed E-state index contributed by atoms with van der Waals surface area (Å²) in [6.45, 7) is -0.469. The number of aromatic nitrogens is 1. The summed E-state index contributed by atoms with van der Waals surface area (Å²) >= 11 is 0. The van der Waals surface area contributed by atoms with Gasteiger partial charge in [0.15, 0.2) is 5.78 Å². The Hall–Kier alpha value is -1.92. The Bertz CT molecular complexity index is 507. The van der Waals surface area contributed by atoms with Crippen LogP contribution in [0.5, 0.6) is 0 Å². The molecule has 7 heteroatoms. The monoisotopic (exact) mass is 272 g/mol. The van der Waals surface area contributed by atoms with Gasteiger partial charge in [-0.05, 0) is 17.7 Å². The number of Topliss-reactive ketones (excluding diaryl/α,β-unsaturated/α-hetero) is 1. The lowest BCUT2D eigenvalue weighted by Crippen LogP contribution is -2.40. The van der Waals surface area contributed by atoms with Gasteiger partial charge in [0.05, 0.1) is 13.0 Å². The van der Waals surface area contributed by atoms with Crippen LogP contribution in [0.4, 0.5) is 13.2 Å². The van der Waals surface area contributed by atoms with Crippen molar-refractivity contribution in [2.45, 2.75) is 24.4 Å². The number of hydrogen-bond donors (Lipinski definition) is 1. The molecule has 1 aliphatic rings. The van der Waals surface area contributed by atoms with E-state index in [9.17, 15) is 22.8 Å². The average Bonchev–Trinajstić information content (AvgIpc) is 2.88. The zero-order valence-corrected chi connectivity index (χ0v) is 9.83. The number of alkyl halides is 3. The van der Waals surface area contributed by atoms with Crippen LogP contribution >= 0.6 is 0 Å². The molecule has 19 heavy (non-hydrogen) atoms. The van der Waals surface area contributed by atoms with Gasteiger partial charge in [0.1, 0.15) is 0 Å². The third kappa shape index (κ3) is 2.74. The Morgan fingerprint density at radius 2 is 1.84 bits per heavy atom. The Morgan fingerprint density at radius 3 is 2.37 bits per heavy atom. The molecule has 1 heterocycles. The predicted octanol–water partition coefficient (Wildman–Crippen LogP) is 1.06. The summed E-state index contributed by atoms with van der Waals surface area (Å²) in [7, 11) is 0. The molecule has 1 aliphatic carbocycles. The molecule has 1 atom stereocenters. The zero-order chi connectivity index (χ0) is 14.1. The second-order valence-electron chi connectivity index (χ2n) is 4.44. The number of nitrogens with one attached hydrogen (secondary N) is 1. The third-order valence-electron chi connectivity index (χ3n) is 2.88. The minimum atomic E-state index is -3.62. The molecule has 1 aromatic heterocycles. The standard InChI is InChI=1S/C12H11F3N2O2/c13-11(7-12(11,14)15)10(19)17-6-9(18)5-8-1-3-16-4-2-8/h1-4H,5-7H2,(H,17,19). The van der Waals surface area contributed by atoms with Gasteiger partial charge < -0.3 is 5.32 Å². The van der Waals surface area contributed by atoms with Crippen LogP contribution < -0.4 is 5.32 Å². The van der Waals surface area contributed by atoms with Gasteiger partial charge >= 0.3 is 0 Å². The summed E-state index contributed by atoms with van der Waals surface area (Å²) in [4.78, 5) is 26.4. The van der Waals surface area contributed by atoms with Crippen molar-refractivity contribution >= 4 is 11.7 Å². The number of halogens is 3. The van der Waals surface area contributed by atoms with Crippen LogP contribution in [0.25, 0.3) is 0 Å². The summed E-state index contributed by atoms with van der Waals surface area (Å²) in [6.07, 6.45) is 1.91. The van der Waals surface area contributed by atoms with Crippen molar-refractivity contribution < 1.29 is 22.8 Å². The van der Waals surface area contributed by atoms with Gasteiger partial charge in [0.2, 0.25) is 0 Å². The SMILES string of the molecule is O=C(CNC(=O)C1(F)CC1(F)F)Cc1ccncc1. The summed E-state index contributed by atoms with van der Waals surface area (Å²) < 4.78 is 38.4. The lowest BCUT2D eigenvalue weighted by Gasteiger charge is -2.07. The summed E-state index contributed by atoms with van der Waals surface area (Å²) in [5, 5.41) is 1.90. The lowest BCUT2D eigenvalue weighted by molar-refractivity contribution is -0.133. The van der Waals surface area contributed by atoms with Gasteiger partial charge in [0.25, 0.3) is 17.5 Å². The molecular weight excluding hydrogens is 261 g/mol. The van der Waals surface area contributed by atoms with Crippen LogP contribution in [-0.4, -0.2) is 34.8 Å². The number of nitrogens with zero attached hydrogens (tertiary/aromatic N) is 1. The predicted molar refractivity (Wildman–Crippen MR) is 59.4 cm³/mol. The van der Waals surface area contributed by atoms with Gasteiger partial charge in [-0.3, -0.25) is 14.6 Å². The number of carbonyl (C=O) groups is 2. The van der Waals surface area contributed by atoms with Crippen molar-refractivity contribution in [2.24, 2.45) is 0 Å². The number of pyridine rings is 1. The first-order valence-corrected chi connectivity index (χ1v) is 5.61. The van der Waals surface area contributed by atoms with Crippen LogP contribution in [0.15, 0.2) is 24.5 Å². The fourth-order valence-electron chi connectivity index (χ4n) is 1.62. The number of ketones is 1. The second-order valence-corrected chi connectivity index (χ2v) is 4.44. The van der Waals surface area contributed by atoms with Crippen LogP contribution in [0.1, 0.15) is 12.0 Å². The molecule has 1 amide bonds. The smallest absolute Gasteiger partial charge is 0.294 e. The number of carbonyl (C=O) groups excluding carboxylic acids is 2. The van der Waals surface area contributed by atoms with Crippen molar-refractivity contribution in [1.29, 1.82) is 0 Å². The molecule has 1 saturated carbocycles. The van der Waals surface area contributed by atoms with Gasteiger partial charge in [-0.1, -0.05) is 0 Å². The van der Waals surface area contributed by atoms with E-state index in [2.05, 4.69) is 4.98 Å². The van der Waals surface area contributed by atoms with E-state index in [0.717, 1.165) is 0 Å². The van der Waals surface area contributed by atoms with E-state index in [1.807, 2.05) is 5.32 Å². The Labute approximate surface area is 107 Å². The third-order valence-corrected chi connectivity index (χ3v) is 2.88. The summed E-state index contributed by atoms with van der Waals surface area (Å²) in [5.41, 5.74) is -2.47. The lowest BCUT2D eigenvalue weighted by atomic mass is 10.1. The molecule has 0 bridgehead atoms. The topological polar surface area (TPSA) is 59.1 Å². The molecular formula is C12H11F3N2O2. The molecule has 0 spiro atoms. The average molecular weight is 272 g/mol. The number of amides is 1. The quantitative estimate of drug-likeness (QED) is 0.871. The second kappa shape index (κ2) is 4.64. The maximum absolute atomic E-state index is 13.3. The van der Waals surface area contributed by atoms with E-state index in [4.69, 9.17) is 0 Å². The van der Waals surface area contributed by atoms with Crippen molar-refractivity contribution in [3.63, 3.8) is 0 Å². The molecule has 102 valence electrons. The molecule has 0 aliphatic heterocycles. The maximum Gasteiger partial charge on any atom is 0.294 e. The molecule has 0 aromatic carbocycles. The highest BCUT2D eigenvalue weighted by molar-refractivity contribution is 5.94. The normalized spacial score (nSPS) is 23.7. The molecule has 0 saturated heterocycles. The summed E-state index contributed by atoms with van der Waals surface area (Å²) in [6, 6.07) is 3.23.